The molecule has 1 aliphatic carbocycles. The van der Waals surface area contributed by atoms with Crippen LogP contribution in [0.5, 0.6) is 11.5 Å². The van der Waals surface area contributed by atoms with Gasteiger partial charge in [0.15, 0.2) is 11.5 Å². The quantitative estimate of drug-likeness (QED) is 0.641. The third-order valence-electron chi connectivity index (χ3n) is 7.44. The van der Waals surface area contributed by atoms with Crippen LogP contribution >= 0.6 is 0 Å². The van der Waals surface area contributed by atoms with Gasteiger partial charge in [0, 0.05) is 26.2 Å². The molecule has 2 aromatic carbocycles. The van der Waals surface area contributed by atoms with Crippen molar-refractivity contribution in [2.45, 2.75) is 24.5 Å². The number of imide groups is 1. The molecule has 186 valence electrons. The normalized spacial score (nSPS) is 24.7. The van der Waals surface area contributed by atoms with Crippen molar-refractivity contribution in [2.75, 3.05) is 39.3 Å². The fourth-order valence-corrected chi connectivity index (χ4v) is 5.49. The highest BCUT2D eigenvalue weighted by atomic mass is 16.6. The Morgan fingerprint density at radius 3 is 2.44 bits per heavy atom. The van der Waals surface area contributed by atoms with Gasteiger partial charge in [-0.2, -0.15) is 0 Å². The van der Waals surface area contributed by atoms with Gasteiger partial charge in [-0.3, -0.25) is 19.3 Å². The van der Waals surface area contributed by atoms with E-state index in [-0.39, 0.29) is 30.9 Å². The highest BCUT2D eigenvalue weighted by molar-refractivity contribution is 6.10. The molecule has 5 amide bonds. The first kappa shape index (κ1) is 22.4. The maximum Gasteiger partial charge on any atom is 0.325 e. The van der Waals surface area contributed by atoms with Gasteiger partial charge in [-0.1, -0.05) is 36.4 Å². The lowest BCUT2D eigenvalue weighted by atomic mass is 9.92. The second-order valence-electron chi connectivity index (χ2n) is 9.45. The van der Waals surface area contributed by atoms with Crippen LogP contribution in [0.4, 0.5) is 4.79 Å². The zero-order chi connectivity index (χ0) is 24.9. The molecule has 3 aliphatic heterocycles. The van der Waals surface area contributed by atoms with E-state index in [9.17, 15) is 19.2 Å². The Labute approximate surface area is 207 Å². The summed E-state index contributed by atoms with van der Waals surface area (Å²) in [6, 6.07) is 14.2. The zero-order valence-electron chi connectivity index (χ0n) is 19.6. The third-order valence-corrected chi connectivity index (χ3v) is 7.44. The summed E-state index contributed by atoms with van der Waals surface area (Å²) in [5.41, 5.74) is 0.762. The van der Waals surface area contributed by atoms with Gasteiger partial charge >= 0.3 is 6.03 Å². The van der Waals surface area contributed by atoms with Crippen LogP contribution in [0.3, 0.4) is 0 Å². The molecule has 10 heteroatoms. The van der Waals surface area contributed by atoms with Crippen molar-refractivity contribution >= 4 is 23.8 Å². The molecule has 0 aromatic heterocycles. The monoisotopic (exact) mass is 490 g/mol. The number of carbonyl (C=O) groups excluding carboxylic acids is 4. The summed E-state index contributed by atoms with van der Waals surface area (Å²) in [4.78, 5) is 56.3. The average Bonchev–Trinajstić information content (AvgIpc) is 3.40. The molecule has 3 heterocycles. The number of ether oxygens (including phenoxy) is 2. The summed E-state index contributed by atoms with van der Waals surface area (Å²) < 4.78 is 11.5. The Kier molecular flexibility index (Phi) is 5.31. The molecule has 6 rings (SSSR count). The topological polar surface area (TPSA) is 108 Å². The van der Waals surface area contributed by atoms with E-state index in [1.165, 1.54) is 0 Å². The van der Waals surface area contributed by atoms with Crippen molar-refractivity contribution in [3.8, 4) is 11.5 Å². The average molecular weight is 491 g/mol. The van der Waals surface area contributed by atoms with Crippen LogP contribution in [0.15, 0.2) is 48.5 Å². The minimum absolute atomic E-state index is 0.131. The smallest absolute Gasteiger partial charge is 0.325 e. The first-order chi connectivity index (χ1) is 17.5. The van der Waals surface area contributed by atoms with Crippen molar-refractivity contribution in [1.29, 1.82) is 0 Å². The van der Waals surface area contributed by atoms with Crippen LogP contribution in [-0.2, 0) is 26.3 Å². The number of piperazine rings is 1. The molecule has 2 fully saturated rings. The molecule has 0 saturated carbocycles. The summed E-state index contributed by atoms with van der Waals surface area (Å²) in [6.45, 7) is 1.11. The molecule has 2 atom stereocenters. The van der Waals surface area contributed by atoms with Gasteiger partial charge in [0.1, 0.15) is 18.7 Å². The van der Waals surface area contributed by atoms with Gasteiger partial charge in [0.25, 0.3) is 11.8 Å². The van der Waals surface area contributed by atoms with E-state index in [2.05, 4.69) is 5.32 Å². The predicted molar refractivity (Wildman–Crippen MR) is 126 cm³/mol. The Hall–Kier alpha value is -4.08. The summed E-state index contributed by atoms with van der Waals surface area (Å²) in [7, 11) is 0. The van der Waals surface area contributed by atoms with Crippen molar-refractivity contribution in [3.05, 3.63) is 59.7 Å². The maximum absolute atomic E-state index is 13.3. The third kappa shape index (κ3) is 3.55. The van der Waals surface area contributed by atoms with Gasteiger partial charge < -0.3 is 24.6 Å². The lowest BCUT2D eigenvalue weighted by Crippen LogP contribution is -2.56. The molecule has 10 nitrogen and oxygen atoms in total. The van der Waals surface area contributed by atoms with Crippen LogP contribution in [0, 0.1) is 0 Å². The minimum atomic E-state index is -1.08. The van der Waals surface area contributed by atoms with Crippen LogP contribution < -0.4 is 14.8 Å². The number of rotatable bonds is 3. The molecule has 1 spiro atoms. The standard InChI is InChI=1S/C26H26N4O6/c31-22(15-30-24(33)26(27-25(30)34)10-9-17-5-1-2-6-18(17)26)28-11-13-29(14-12-28)23(32)21-16-35-19-7-3-4-8-20(19)36-21/h1-8,21H,9-16H2,(H,27,34). The van der Waals surface area contributed by atoms with E-state index in [0.29, 0.717) is 50.5 Å². The lowest BCUT2D eigenvalue weighted by molar-refractivity contribution is -0.147. The number of para-hydroxylation sites is 2. The SMILES string of the molecule is O=C(CN1C(=O)NC2(CCc3ccccc32)C1=O)N1CCN(C(=O)C2COc3ccccc3O2)CC1. The molecular weight excluding hydrogens is 464 g/mol. The Morgan fingerprint density at radius 1 is 0.944 bits per heavy atom. The minimum Gasteiger partial charge on any atom is -0.485 e. The van der Waals surface area contributed by atoms with Crippen LogP contribution in [0.1, 0.15) is 17.5 Å². The Bertz CT molecular complexity index is 1260. The number of hydrogen-bond acceptors (Lipinski definition) is 6. The number of urea groups is 1. The highest BCUT2D eigenvalue weighted by Gasteiger charge is 2.55. The summed E-state index contributed by atoms with van der Waals surface area (Å²) in [5.74, 6) is 0.259. The second-order valence-corrected chi connectivity index (χ2v) is 9.45. The first-order valence-electron chi connectivity index (χ1n) is 12.1. The van der Waals surface area contributed by atoms with Crippen LogP contribution in [-0.4, -0.2) is 83.9 Å². The molecule has 2 unspecified atom stereocenters. The largest absolute Gasteiger partial charge is 0.485 e. The van der Waals surface area contributed by atoms with Crippen LogP contribution in [0.2, 0.25) is 0 Å². The number of nitrogens with one attached hydrogen (secondary N) is 1. The van der Waals surface area contributed by atoms with Gasteiger partial charge in [0.05, 0.1) is 0 Å². The Balaban J connectivity index is 1.06. The van der Waals surface area contributed by atoms with Gasteiger partial charge in [-0.05, 0) is 36.1 Å². The number of benzene rings is 2. The van der Waals surface area contributed by atoms with E-state index in [4.69, 9.17) is 9.47 Å². The number of nitrogens with zero attached hydrogens (tertiary/aromatic N) is 3. The van der Waals surface area contributed by atoms with E-state index in [1.54, 1.807) is 21.9 Å². The molecule has 2 aromatic rings. The fraction of sp³-hybridized carbons (Fsp3) is 0.385. The molecule has 2 saturated heterocycles. The number of amides is 5. The maximum atomic E-state index is 13.3. The summed E-state index contributed by atoms with van der Waals surface area (Å²) in [6.07, 6.45) is 0.444. The molecule has 0 bridgehead atoms. The van der Waals surface area contributed by atoms with Gasteiger partial charge in [0.2, 0.25) is 12.0 Å². The van der Waals surface area contributed by atoms with Crippen molar-refractivity contribution in [2.24, 2.45) is 0 Å². The summed E-state index contributed by atoms with van der Waals surface area (Å²) in [5, 5.41) is 2.85. The lowest BCUT2D eigenvalue weighted by Gasteiger charge is -2.37. The number of hydrogen-bond donors (Lipinski definition) is 1. The first-order valence-corrected chi connectivity index (χ1v) is 12.1. The van der Waals surface area contributed by atoms with E-state index in [1.807, 2.05) is 36.4 Å². The number of fused-ring (bicyclic) bond motifs is 3. The van der Waals surface area contributed by atoms with Crippen molar-refractivity contribution < 1.29 is 28.7 Å². The van der Waals surface area contributed by atoms with Gasteiger partial charge in [-0.15, -0.1) is 0 Å². The number of aryl methyl sites for hydroxylation is 1. The molecule has 4 aliphatic rings. The number of carbonyl (C=O) groups is 4. The highest BCUT2D eigenvalue weighted by Crippen LogP contribution is 2.41. The molecule has 1 N–H and O–H groups in total. The zero-order valence-corrected chi connectivity index (χ0v) is 19.6. The Morgan fingerprint density at radius 2 is 1.64 bits per heavy atom. The van der Waals surface area contributed by atoms with Crippen LogP contribution in [0.25, 0.3) is 0 Å². The van der Waals surface area contributed by atoms with E-state index in [0.717, 1.165) is 16.0 Å². The van der Waals surface area contributed by atoms with Crippen molar-refractivity contribution in [1.82, 2.24) is 20.0 Å². The van der Waals surface area contributed by atoms with E-state index < -0.39 is 17.7 Å². The van der Waals surface area contributed by atoms with Crippen molar-refractivity contribution in [3.63, 3.8) is 0 Å². The second kappa shape index (κ2) is 8.54. The van der Waals surface area contributed by atoms with Gasteiger partial charge in [-0.25, -0.2) is 4.79 Å². The molecular formula is C26H26N4O6. The van der Waals surface area contributed by atoms with E-state index >= 15 is 0 Å². The summed E-state index contributed by atoms with van der Waals surface area (Å²) >= 11 is 0. The molecule has 36 heavy (non-hydrogen) atoms. The fourth-order valence-electron chi connectivity index (χ4n) is 5.49. The predicted octanol–water partition coefficient (Wildman–Crippen LogP) is 0.891. The molecule has 0 radical (unpaired) electrons.